The number of hydrogen-bond acceptors (Lipinski definition) is 5. The van der Waals surface area contributed by atoms with Crippen LogP contribution >= 0.6 is 0 Å². The molecule has 3 amide bonds. The van der Waals surface area contributed by atoms with Crippen molar-refractivity contribution in [3.05, 3.63) is 0 Å². The second kappa shape index (κ2) is 5.37. The Labute approximate surface area is 116 Å². The molecule has 0 bridgehead atoms. The molecular weight excluding hydrogens is 264 g/mol. The smallest absolute Gasteiger partial charge is 0.242 e. The highest BCUT2D eigenvalue weighted by Gasteiger charge is 2.56. The van der Waals surface area contributed by atoms with E-state index in [2.05, 4.69) is 0 Å². The lowest BCUT2D eigenvalue weighted by molar-refractivity contribution is -0.175. The van der Waals surface area contributed by atoms with E-state index < -0.39 is 24.0 Å². The summed E-state index contributed by atoms with van der Waals surface area (Å²) in [6.45, 7) is 0.713. The molecule has 1 spiro atoms. The number of piperidine rings is 1. The summed E-state index contributed by atoms with van der Waals surface area (Å²) >= 11 is 0. The Morgan fingerprint density at radius 1 is 1.40 bits per heavy atom. The van der Waals surface area contributed by atoms with Gasteiger partial charge in [-0.15, -0.1) is 0 Å². The number of nitrogens with two attached hydrogens (primary N) is 2. The first kappa shape index (κ1) is 14.7. The van der Waals surface area contributed by atoms with E-state index in [1.54, 1.807) is 4.90 Å². The second-order valence-corrected chi connectivity index (χ2v) is 5.44. The molecule has 20 heavy (non-hydrogen) atoms. The first-order valence-electron chi connectivity index (χ1n) is 6.64. The summed E-state index contributed by atoms with van der Waals surface area (Å²) in [5.41, 5.74) is 9.87. The quantitative estimate of drug-likeness (QED) is 0.482. The maximum atomic E-state index is 12.3. The van der Waals surface area contributed by atoms with Crippen molar-refractivity contribution in [1.29, 1.82) is 0 Å². The van der Waals surface area contributed by atoms with Crippen LogP contribution in [0.15, 0.2) is 0 Å². The molecule has 0 aromatic heterocycles. The normalized spacial score (nSPS) is 27.4. The second-order valence-electron chi connectivity index (χ2n) is 5.44. The van der Waals surface area contributed by atoms with Crippen molar-refractivity contribution >= 4 is 17.7 Å². The van der Waals surface area contributed by atoms with Crippen molar-refractivity contribution in [3.8, 4) is 0 Å². The van der Waals surface area contributed by atoms with Crippen LogP contribution in [0.5, 0.6) is 0 Å². The highest BCUT2D eigenvalue weighted by atomic mass is 16.3. The van der Waals surface area contributed by atoms with Crippen LogP contribution in [-0.2, 0) is 14.4 Å². The van der Waals surface area contributed by atoms with Gasteiger partial charge in [0.15, 0.2) is 0 Å². The van der Waals surface area contributed by atoms with Crippen molar-refractivity contribution in [3.63, 3.8) is 0 Å². The van der Waals surface area contributed by atoms with Crippen LogP contribution in [0.3, 0.4) is 0 Å². The fourth-order valence-corrected chi connectivity index (χ4v) is 3.05. The maximum absolute atomic E-state index is 12.3. The number of aliphatic hydroxyl groups excluding tert-OH is 1. The van der Waals surface area contributed by atoms with Gasteiger partial charge in [0.2, 0.25) is 17.7 Å². The number of amides is 3. The van der Waals surface area contributed by atoms with E-state index in [-0.39, 0.29) is 18.4 Å². The number of likely N-dealkylation sites (tertiary alicyclic amines) is 2. The molecule has 5 N–H and O–H groups in total. The van der Waals surface area contributed by atoms with Crippen molar-refractivity contribution < 1.29 is 19.5 Å². The monoisotopic (exact) mass is 284 g/mol. The summed E-state index contributed by atoms with van der Waals surface area (Å²) in [6.07, 6.45) is 1.40. The topological polar surface area (TPSA) is 130 Å². The fourth-order valence-electron chi connectivity index (χ4n) is 3.05. The summed E-state index contributed by atoms with van der Waals surface area (Å²) in [5, 5.41) is 9.14. The summed E-state index contributed by atoms with van der Waals surface area (Å²) in [6, 6.07) is -0.978. The first-order chi connectivity index (χ1) is 9.45. The van der Waals surface area contributed by atoms with Crippen molar-refractivity contribution in [2.45, 2.75) is 18.9 Å². The van der Waals surface area contributed by atoms with Gasteiger partial charge in [-0.3, -0.25) is 14.4 Å². The van der Waals surface area contributed by atoms with Crippen molar-refractivity contribution in [2.24, 2.45) is 16.9 Å². The highest BCUT2D eigenvalue weighted by molar-refractivity contribution is 5.95. The summed E-state index contributed by atoms with van der Waals surface area (Å²) in [5.74, 6) is -1.12. The summed E-state index contributed by atoms with van der Waals surface area (Å²) in [7, 11) is 0. The van der Waals surface area contributed by atoms with Crippen LogP contribution in [0.2, 0.25) is 0 Å². The van der Waals surface area contributed by atoms with Crippen molar-refractivity contribution in [2.75, 3.05) is 32.8 Å². The summed E-state index contributed by atoms with van der Waals surface area (Å²) < 4.78 is 0. The Hall–Kier alpha value is -1.67. The van der Waals surface area contributed by atoms with Crippen LogP contribution in [0.4, 0.5) is 0 Å². The van der Waals surface area contributed by atoms with E-state index >= 15 is 0 Å². The number of primary amides is 1. The Bertz CT molecular complexity index is 441. The Kier molecular flexibility index (Phi) is 3.96. The van der Waals surface area contributed by atoms with E-state index in [0.29, 0.717) is 26.1 Å². The van der Waals surface area contributed by atoms with E-state index in [9.17, 15) is 14.4 Å². The number of carbonyl (C=O) groups is 3. The molecule has 2 aliphatic rings. The van der Waals surface area contributed by atoms with Gasteiger partial charge in [0.05, 0.1) is 18.6 Å². The number of rotatable bonds is 4. The Morgan fingerprint density at radius 2 is 2.10 bits per heavy atom. The average Bonchev–Trinajstić information content (AvgIpc) is 2.46. The Morgan fingerprint density at radius 3 is 2.60 bits per heavy atom. The SMILES string of the molecule is NCC(=O)N1CCCC2(C1)CN([C@@H](CO)C(N)=O)C2=O. The summed E-state index contributed by atoms with van der Waals surface area (Å²) in [4.78, 5) is 38.1. The van der Waals surface area contributed by atoms with Crippen LogP contribution < -0.4 is 11.5 Å². The van der Waals surface area contributed by atoms with E-state index in [1.807, 2.05) is 0 Å². The molecule has 0 aliphatic carbocycles. The first-order valence-corrected chi connectivity index (χ1v) is 6.64. The van der Waals surface area contributed by atoms with Crippen molar-refractivity contribution in [1.82, 2.24) is 9.80 Å². The molecule has 0 saturated carbocycles. The maximum Gasteiger partial charge on any atom is 0.242 e. The van der Waals surface area contributed by atoms with Gasteiger partial charge >= 0.3 is 0 Å². The van der Waals surface area contributed by atoms with Gasteiger partial charge in [0.1, 0.15) is 6.04 Å². The third-order valence-corrected chi connectivity index (χ3v) is 4.17. The number of carbonyl (C=O) groups excluding carboxylic acids is 3. The number of hydrogen-bond donors (Lipinski definition) is 3. The van der Waals surface area contributed by atoms with Crippen LogP contribution in [0.25, 0.3) is 0 Å². The average molecular weight is 284 g/mol. The fraction of sp³-hybridized carbons (Fsp3) is 0.750. The largest absolute Gasteiger partial charge is 0.394 e. The predicted octanol–water partition coefficient (Wildman–Crippen LogP) is -2.76. The van der Waals surface area contributed by atoms with Gasteiger partial charge in [-0.05, 0) is 12.8 Å². The minimum absolute atomic E-state index is 0.0749. The molecule has 8 nitrogen and oxygen atoms in total. The predicted molar refractivity (Wildman–Crippen MR) is 69.1 cm³/mol. The van der Waals surface area contributed by atoms with E-state index in [1.165, 1.54) is 4.90 Å². The third-order valence-electron chi connectivity index (χ3n) is 4.17. The zero-order chi connectivity index (χ0) is 14.9. The number of β-lactam (4-membered cyclic amide) rings is 1. The molecule has 112 valence electrons. The minimum atomic E-state index is -0.978. The van der Waals surface area contributed by atoms with Crippen LogP contribution in [0.1, 0.15) is 12.8 Å². The third kappa shape index (κ3) is 2.25. The van der Waals surface area contributed by atoms with E-state index in [4.69, 9.17) is 16.6 Å². The van der Waals surface area contributed by atoms with E-state index in [0.717, 1.165) is 6.42 Å². The molecule has 2 heterocycles. The molecule has 2 atom stereocenters. The zero-order valence-electron chi connectivity index (χ0n) is 11.2. The number of nitrogens with zero attached hydrogens (tertiary/aromatic N) is 2. The lowest BCUT2D eigenvalue weighted by atomic mass is 9.71. The van der Waals surface area contributed by atoms with Gasteiger partial charge in [-0.2, -0.15) is 0 Å². The van der Waals surface area contributed by atoms with Gasteiger partial charge < -0.3 is 26.4 Å². The molecule has 0 aromatic rings. The molecule has 1 unspecified atom stereocenters. The van der Waals surface area contributed by atoms with Gasteiger partial charge in [-0.1, -0.05) is 0 Å². The lowest BCUT2D eigenvalue weighted by Crippen LogP contribution is -2.71. The molecule has 2 saturated heterocycles. The molecule has 0 aromatic carbocycles. The van der Waals surface area contributed by atoms with Gasteiger partial charge in [0.25, 0.3) is 0 Å². The minimum Gasteiger partial charge on any atom is -0.394 e. The van der Waals surface area contributed by atoms with Gasteiger partial charge in [0, 0.05) is 19.6 Å². The van der Waals surface area contributed by atoms with Crippen LogP contribution in [0, 0.1) is 5.41 Å². The van der Waals surface area contributed by atoms with Gasteiger partial charge in [-0.25, -0.2) is 0 Å². The van der Waals surface area contributed by atoms with Crippen LogP contribution in [-0.4, -0.2) is 71.5 Å². The molecule has 0 radical (unpaired) electrons. The molecule has 2 rings (SSSR count). The lowest BCUT2D eigenvalue weighted by Gasteiger charge is -2.54. The molecular formula is C12H20N4O4. The highest BCUT2D eigenvalue weighted by Crippen LogP contribution is 2.41. The zero-order valence-corrected chi connectivity index (χ0v) is 11.2. The molecule has 2 fully saturated rings. The standard InChI is InChI=1S/C12H20N4O4/c13-4-9(18)15-3-1-2-12(6-15)7-16(11(12)20)8(5-17)10(14)19/h8,17H,1-7,13H2,(H2,14,19)/t8-,12?/m0/s1. The Balaban J connectivity index is 2.06. The number of aliphatic hydroxyl groups is 1. The molecule has 8 heteroatoms. The molecule has 2 aliphatic heterocycles.